The highest BCUT2D eigenvalue weighted by Crippen LogP contribution is 2.34. The number of hydrogen-bond acceptors (Lipinski definition) is 2. The highest BCUT2D eigenvalue weighted by atomic mass is 32.1. The van der Waals surface area contributed by atoms with E-state index in [2.05, 4.69) is 13.8 Å². The molecule has 1 atom stereocenters. The summed E-state index contributed by atoms with van der Waals surface area (Å²) >= 11 is 4.92. The summed E-state index contributed by atoms with van der Waals surface area (Å²) < 4.78 is 19.8. The normalized spacial score (nSPS) is 12.0. The van der Waals surface area contributed by atoms with Gasteiger partial charge in [0.1, 0.15) is 22.3 Å². The molecule has 0 aromatic heterocycles. The maximum absolute atomic E-state index is 13.9. The molecule has 2 nitrogen and oxygen atoms in total. The average molecular weight is 303 g/mol. The molecule has 0 saturated carbocycles. The Bertz CT molecular complexity index is 657. The zero-order chi connectivity index (χ0) is 15.4. The lowest BCUT2D eigenvalue weighted by atomic mass is 9.98. The van der Waals surface area contributed by atoms with Gasteiger partial charge in [-0.05, 0) is 36.1 Å². The van der Waals surface area contributed by atoms with Crippen LogP contribution in [0.25, 0.3) is 0 Å². The van der Waals surface area contributed by atoms with Crippen LogP contribution in [0.5, 0.6) is 11.5 Å². The van der Waals surface area contributed by atoms with Crippen LogP contribution in [0.3, 0.4) is 0 Å². The molecule has 1 unspecified atom stereocenters. The molecule has 0 bridgehead atoms. The molecule has 0 aliphatic heterocycles. The third-order valence-corrected chi connectivity index (χ3v) is 3.71. The van der Waals surface area contributed by atoms with Crippen LogP contribution in [-0.4, -0.2) is 4.99 Å². The summed E-state index contributed by atoms with van der Waals surface area (Å²) in [7, 11) is 0. The second-order valence-corrected chi connectivity index (χ2v) is 5.37. The summed E-state index contributed by atoms with van der Waals surface area (Å²) in [5, 5.41) is 0. The van der Waals surface area contributed by atoms with Gasteiger partial charge in [0.15, 0.2) is 0 Å². The molecule has 21 heavy (non-hydrogen) atoms. The number of nitrogens with two attached hydrogens (primary N) is 1. The van der Waals surface area contributed by atoms with E-state index in [1.165, 1.54) is 6.07 Å². The minimum atomic E-state index is -0.471. The zero-order valence-corrected chi connectivity index (χ0v) is 12.9. The van der Waals surface area contributed by atoms with E-state index in [1.54, 1.807) is 12.1 Å². The van der Waals surface area contributed by atoms with E-state index in [-0.39, 0.29) is 10.6 Å². The maximum atomic E-state index is 13.9. The van der Waals surface area contributed by atoms with Crippen molar-refractivity contribution in [1.82, 2.24) is 0 Å². The van der Waals surface area contributed by atoms with Crippen molar-refractivity contribution >= 4 is 17.2 Å². The molecule has 0 saturated heterocycles. The second kappa shape index (κ2) is 6.68. The molecule has 110 valence electrons. The number of ether oxygens (including phenoxy) is 1. The van der Waals surface area contributed by atoms with Crippen LogP contribution in [-0.2, 0) is 0 Å². The maximum Gasteiger partial charge on any atom is 0.140 e. The van der Waals surface area contributed by atoms with Gasteiger partial charge in [-0.2, -0.15) is 0 Å². The van der Waals surface area contributed by atoms with Crippen LogP contribution >= 0.6 is 12.2 Å². The van der Waals surface area contributed by atoms with E-state index < -0.39 is 5.82 Å². The first-order valence-corrected chi connectivity index (χ1v) is 7.30. The molecule has 2 aromatic carbocycles. The third-order valence-electron chi connectivity index (χ3n) is 3.50. The number of hydrogen-bond donors (Lipinski definition) is 1. The molecular weight excluding hydrogens is 285 g/mol. The van der Waals surface area contributed by atoms with E-state index in [9.17, 15) is 4.39 Å². The first-order chi connectivity index (χ1) is 10.0. The van der Waals surface area contributed by atoms with E-state index in [1.807, 2.05) is 24.3 Å². The van der Waals surface area contributed by atoms with Gasteiger partial charge < -0.3 is 10.5 Å². The summed E-state index contributed by atoms with van der Waals surface area (Å²) in [5.74, 6) is 0.928. The predicted molar refractivity (Wildman–Crippen MR) is 87.5 cm³/mol. The Morgan fingerprint density at radius 2 is 1.86 bits per heavy atom. The lowest BCUT2D eigenvalue weighted by Crippen LogP contribution is -2.13. The van der Waals surface area contributed by atoms with Crippen molar-refractivity contribution in [2.24, 2.45) is 5.73 Å². The van der Waals surface area contributed by atoms with E-state index in [0.717, 1.165) is 12.0 Å². The van der Waals surface area contributed by atoms with Crippen molar-refractivity contribution in [3.8, 4) is 11.5 Å². The summed E-state index contributed by atoms with van der Waals surface area (Å²) in [4.78, 5) is -0.0101. The molecule has 4 heteroatoms. The Balaban J connectivity index is 2.44. The van der Waals surface area contributed by atoms with Crippen LogP contribution in [0.2, 0.25) is 0 Å². The monoisotopic (exact) mass is 303 g/mol. The number of rotatable bonds is 5. The van der Waals surface area contributed by atoms with Gasteiger partial charge in [-0.3, -0.25) is 0 Å². The summed E-state index contributed by atoms with van der Waals surface area (Å²) in [6, 6.07) is 12.3. The van der Waals surface area contributed by atoms with Gasteiger partial charge >= 0.3 is 0 Å². The molecule has 0 aliphatic carbocycles. The number of thiocarbonyl (C=S) groups is 1. The standard InChI is InChI=1S/C17H18FNOS/c1-3-11(2)12-7-4-5-9-14(12)20-15-10-6-8-13(18)16(15)17(19)21/h4-11H,3H2,1-2H3,(H2,19,21). The van der Waals surface area contributed by atoms with Gasteiger partial charge in [0.2, 0.25) is 0 Å². The van der Waals surface area contributed by atoms with Crippen molar-refractivity contribution in [2.45, 2.75) is 26.2 Å². The fraction of sp³-hybridized carbons (Fsp3) is 0.235. The van der Waals surface area contributed by atoms with Crippen molar-refractivity contribution < 1.29 is 9.13 Å². The molecule has 2 rings (SSSR count). The van der Waals surface area contributed by atoms with Crippen LogP contribution in [0, 0.1) is 5.82 Å². The molecule has 2 N–H and O–H groups in total. The molecule has 0 radical (unpaired) electrons. The number of halogens is 1. The summed E-state index contributed by atoms with van der Waals surface area (Å²) in [6.45, 7) is 4.24. The highest BCUT2D eigenvalue weighted by Gasteiger charge is 2.16. The Morgan fingerprint density at radius 3 is 2.52 bits per heavy atom. The van der Waals surface area contributed by atoms with Crippen LogP contribution in [0.15, 0.2) is 42.5 Å². The van der Waals surface area contributed by atoms with Crippen LogP contribution in [0.1, 0.15) is 37.3 Å². The number of benzene rings is 2. The van der Waals surface area contributed by atoms with Gasteiger partial charge in [0.25, 0.3) is 0 Å². The topological polar surface area (TPSA) is 35.2 Å². The Kier molecular flexibility index (Phi) is 4.91. The molecule has 2 aromatic rings. The van der Waals surface area contributed by atoms with Crippen molar-refractivity contribution in [3.05, 3.63) is 59.4 Å². The van der Waals surface area contributed by atoms with Crippen LogP contribution < -0.4 is 10.5 Å². The average Bonchev–Trinajstić information content (AvgIpc) is 2.46. The molecule has 0 spiro atoms. The van der Waals surface area contributed by atoms with Gasteiger partial charge in [0, 0.05) is 0 Å². The number of para-hydroxylation sites is 1. The van der Waals surface area contributed by atoms with E-state index in [0.29, 0.717) is 17.4 Å². The summed E-state index contributed by atoms with van der Waals surface area (Å²) in [6.07, 6.45) is 0.992. The Morgan fingerprint density at radius 1 is 1.19 bits per heavy atom. The van der Waals surface area contributed by atoms with E-state index >= 15 is 0 Å². The quantitative estimate of drug-likeness (QED) is 0.808. The molecule has 0 heterocycles. The SMILES string of the molecule is CCC(C)c1ccccc1Oc1cccc(F)c1C(N)=S. The van der Waals surface area contributed by atoms with Gasteiger partial charge in [-0.1, -0.05) is 50.3 Å². The van der Waals surface area contributed by atoms with Gasteiger partial charge in [-0.15, -0.1) is 0 Å². The second-order valence-electron chi connectivity index (χ2n) is 4.93. The predicted octanol–water partition coefficient (Wildman–Crippen LogP) is 4.77. The first-order valence-electron chi connectivity index (χ1n) is 6.89. The Hall–Kier alpha value is -1.94. The minimum Gasteiger partial charge on any atom is -0.456 e. The molecule has 0 amide bonds. The van der Waals surface area contributed by atoms with E-state index in [4.69, 9.17) is 22.7 Å². The van der Waals surface area contributed by atoms with Gasteiger partial charge in [0.05, 0.1) is 5.56 Å². The van der Waals surface area contributed by atoms with Crippen molar-refractivity contribution in [3.63, 3.8) is 0 Å². The molecular formula is C17H18FNOS. The Labute approximate surface area is 129 Å². The lowest BCUT2D eigenvalue weighted by molar-refractivity contribution is 0.464. The zero-order valence-electron chi connectivity index (χ0n) is 12.1. The van der Waals surface area contributed by atoms with Crippen molar-refractivity contribution in [1.29, 1.82) is 0 Å². The van der Waals surface area contributed by atoms with Crippen molar-refractivity contribution in [2.75, 3.05) is 0 Å². The van der Waals surface area contributed by atoms with Crippen LogP contribution in [0.4, 0.5) is 4.39 Å². The largest absolute Gasteiger partial charge is 0.456 e. The molecule has 0 aliphatic rings. The first kappa shape index (κ1) is 15.4. The fourth-order valence-corrected chi connectivity index (χ4v) is 2.35. The van der Waals surface area contributed by atoms with Gasteiger partial charge in [-0.25, -0.2) is 4.39 Å². The highest BCUT2D eigenvalue weighted by molar-refractivity contribution is 7.80. The molecule has 0 fully saturated rings. The minimum absolute atomic E-state index is 0.0101. The third kappa shape index (κ3) is 3.39. The summed E-state index contributed by atoms with van der Waals surface area (Å²) in [5.41, 5.74) is 6.83. The smallest absolute Gasteiger partial charge is 0.140 e. The fourth-order valence-electron chi connectivity index (χ4n) is 2.15. The lowest BCUT2D eigenvalue weighted by Gasteiger charge is -2.17.